The molecular weight excluding hydrogens is 418 g/mol. The number of rotatable bonds is 7. The smallest absolute Gasteiger partial charge is 0.407 e. The summed E-state index contributed by atoms with van der Waals surface area (Å²) >= 11 is 0. The van der Waals surface area contributed by atoms with E-state index >= 15 is 0 Å². The van der Waals surface area contributed by atoms with Crippen LogP contribution >= 0.6 is 0 Å². The fourth-order valence-corrected chi connectivity index (χ4v) is 4.22. The van der Waals surface area contributed by atoms with Crippen molar-refractivity contribution in [3.8, 4) is 11.1 Å². The number of methoxy groups -OCH3 is 1. The van der Waals surface area contributed by atoms with Gasteiger partial charge in [-0.1, -0.05) is 66.7 Å². The van der Waals surface area contributed by atoms with E-state index in [1.54, 1.807) is 24.3 Å². The third kappa shape index (κ3) is 4.72. The number of nitrogen functional groups attached to an aromatic ring is 1. The number of amidine groups is 1. The number of alkyl carbamates (subject to hydrolysis) is 1. The Morgan fingerprint density at radius 3 is 2.24 bits per heavy atom. The molecule has 33 heavy (non-hydrogen) atoms. The van der Waals surface area contributed by atoms with Gasteiger partial charge in [0.2, 0.25) is 0 Å². The molecule has 7 heteroatoms. The maximum absolute atomic E-state index is 12.6. The number of esters is 1. The molecule has 1 aliphatic carbocycles. The molecule has 0 aromatic heterocycles. The molecule has 0 radical (unpaired) electrons. The van der Waals surface area contributed by atoms with E-state index in [-0.39, 0.29) is 24.8 Å². The predicted octanol–water partition coefficient (Wildman–Crippen LogP) is 3.59. The first-order valence-electron chi connectivity index (χ1n) is 10.6. The first kappa shape index (κ1) is 22.1. The minimum absolute atomic E-state index is 0.0732. The standard InChI is InChI=1S/C26H25N3O4/c1-32-25(30)23(14-16-7-6-8-17(13-16)24(27)28)29-26(31)33-15-22-20-11-4-2-9-18(20)19-10-3-5-12-21(19)22/h2-13,22-23H,14-15H2,1H3,(H3,27,28)(H,29,31). The molecule has 0 heterocycles. The van der Waals surface area contributed by atoms with Gasteiger partial charge in [-0.3, -0.25) is 5.41 Å². The number of carbonyl (C=O) groups excluding carboxylic acids is 2. The van der Waals surface area contributed by atoms with Gasteiger partial charge in [-0.25, -0.2) is 9.59 Å². The highest BCUT2D eigenvalue weighted by Gasteiger charge is 2.30. The second-order valence-corrected chi connectivity index (χ2v) is 7.86. The Morgan fingerprint density at radius 2 is 1.64 bits per heavy atom. The Morgan fingerprint density at radius 1 is 1.00 bits per heavy atom. The molecule has 1 unspecified atom stereocenters. The van der Waals surface area contributed by atoms with Gasteiger partial charge < -0.3 is 20.5 Å². The zero-order valence-electron chi connectivity index (χ0n) is 18.2. The van der Waals surface area contributed by atoms with Crippen LogP contribution in [0.25, 0.3) is 11.1 Å². The van der Waals surface area contributed by atoms with E-state index in [1.807, 2.05) is 36.4 Å². The van der Waals surface area contributed by atoms with Gasteiger partial charge in [0.25, 0.3) is 0 Å². The summed E-state index contributed by atoms with van der Waals surface area (Å²) in [7, 11) is 1.26. The van der Waals surface area contributed by atoms with E-state index in [2.05, 4.69) is 17.4 Å². The molecule has 0 aliphatic heterocycles. The summed E-state index contributed by atoms with van der Waals surface area (Å²) in [5, 5.41) is 10.2. The van der Waals surface area contributed by atoms with Crippen LogP contribution in [0.4, 0.5) is 4.79 Å². The van der Waals surface area contributed by atoms with Crippen LogP contribution in [0, 0.1) is 5.41 Å². The van der Waals surface area contributed by atoms with Gasteiger partial charge in [0.1, 0.15) is 18.5 Å². The first-order chi connectivity index (χ1) is 16.0. The van der Waals surface area contributed by atoms with Gasteiger partial charge >= 0.3 is 12.1 Å². The number of benzene rings is 3. The van der Waals surface area contributed by atoms with Gasteiger partial charge in [0.15, 0.2) is 0 Å². The van der Waals surface area contributed by atoms with Crippen LogP contribution in [-0.2, 0) is 20.7 Å². The van der Waals surface area contributed by atoms with Crippen molar-refractivity contribution in [3.63, 3.8) is 0 Å². The van der Waals surface area contributed by atoms with Crippen LogP contribution in [0.15, 0.2) is 72.8 Å². The van der Waals surface area contributed by atoms with E-state index in [0.717, 1.165) is 27.8 Å². The number of hydrogen-bond donors (Lipinski definition) is 3. The normalized spacial score (nSPS) is 12.9. The average molecular weight is 444 g/mol. The molecule has 0 saturated heterocycles. The number of fused-ring (bicyclic) bond motifs is 3. The molecule has 1 atom stereocenters. The third-order valence-electron chi connectivity index (χ3n) is 5.80. The Kier molecular flexibility index (Phi) is 6.40. The first-order valence-corrected chi connectivity index (χ1v) is 10.6. The summed E-state index contributed by atoms with van der Waals surface area (Å²) in [5.41, 5.74) is 11.3. The highest BCUT2D eigenvalue weighted by atomic mass is 16.6. The summed E-state index contributed by atoms with van der Waals surface area (Å²) in [5.74, 6) is -0.736. The van der Waals surface area contributed by atoms with Crippen LogP contribution in [0.2, 0.25) is 0 Å². The SMILES string of the molecule is COC(=O)C(Cc1cccc(C(=N)N)c1)NC(=O)OCC1c2ccccc2-c2ccccc21. The zero-order chi connectivity index (χ0) is 23.4. The van der Waals surface area contributed by atoms with Crippen molar-refractivity contribution in [2.24, 2.45) is 5.73 Å². The van der Waals surface area contributed by atoms with E-state index in [1.165, 1.54) is 7.11 Å². The van der Waals surface area contributed by atoms with Gasteiger partial charge in [0.05, 0.1) is 7.11 Å². The molecule has 0 spiro atoms. The van der Waals surface area contributed by atoms with Gasteiger partial charge in [-0.05, 0) is 33.9 Å². The van der Waals surface area contributed by atoms with E-state index in [4.69, 9.17) is 20.6 Å². The molecule has 3 aromatic rings. The number of nitrogens with two attached hydrogens (primary N) is 1. The van der Waals surface area contributed by atoms with Crippen LogP contribution in [0.1, 0.15) is 28.2 Å². The molecule has 168 valence electrons. The fourth-order valence-electron chi connectivity index (χ4n) is 4.22. The van der Waals surface area contributed by atoms with E-state index < -0.39 is 18.1 Å². The third-order valence-corrected chi connectivity index (χ3v) is 5.80. The van der Waals surface area contributed by atoms with Gasteiger partial charge in [-0.2, -0.15) is 0 Å². The number of amides is 1. The van der Waals surface area contributed by atoms with Crippen LogP contribution in [-0.4, -0.2) is 37.7 Å². The molecule has 1 amide bonds. The summed E-state index contributed by atoms with van der Waals surface area (Å²) in [4.78, 5) is 24.9. The lowest BCUT2D eigenvalue weighted by molar-refractivity contribution is -0.143. The Bertz CT molecular complexity index is 1160. The maximum atomic E-state index is 12.6. The van der Waals surface area contributed by atoms with E-state index in [0.29, 0.717) is 5.56 Å². The summed E-state index contributed by atoms with van der Waals surface area (Å²) in [6.07, 6.45) is -0.521. The molecule has 7 nitrogen and oxygen atoms in total. The quantitative estimate of drug-likeness (QED) is 0.293. The highest BCUT2D eigenvalue weighted by Crippen LogP contribution is 2.44. The number of nitrogens with one attached hydrogen (secondary N) is 2. The minimum Gasteiger partial charge on any atom is -0.467 e. The highest BCUT2D eigenvalue weighted by molar-refractivity contribution is 5.95. The molecular formula is C26H25N3O4. The summed E-state index contributed by atoms with van der Waals surface area (Å²) < 4.78 is 10.4. The number of carbonyl (C=O) groups is 2. The lowest BCUT2D eigenvalue weighted by Crippen LogP contribution is -2.43. The van der Waals surface area contributed by atoms with Gasteiger partial charge in [0, 0.05) is 17.9 Å². The molecule has 0 fully saturated rings. The lowest BCUT2D eigenvalue weighted by Gasteiger charge is -2.19. The lowest BCUT2D eigenvalue weighted by atomic mass is 9.98. The number of hydrogen-bond acceptors (Lipinski definition) is 5. The Labute approximate surface area is 192 Å². The molecule has 4 rings (SSSR count). The predicted molar refractivity (Wildman–Crippen MR) is 125 cm³/mol. The van der Waals surface area contributed by atoms with E-state index in [9.17, 15) is 9.59 Å². The van der Waals surface area contributed by atoms with Crippen molar-refractivity contribution in [1.82, 2.24) is 5.32 Å². The van der Waals surface area contributed by atoms with Crippen LogP contribution in [0.5, 0.6) is 0 Å². The van der Waals surface area contributed by atoms with Crippen molar-refractivity contribution in [3.05, 3.63) is 95.1 Å². The van der Waals surface area contributed by atoms with Crippen LogP contribution in [0.3, 0.4) is 0 Å². The molecule has 1 aliphatic rings. The number of ether oxygens (including phenoxy) is 2. The van der Waals surface area contributed by atoms with Crippen molar-refractivity contribution in [1.29, 1.82) is 5.41 Å². The monoisotopic (exact) mass is 443 g/mol. The maximum Gasteiger partial charge on any atom is 0.407 e. The van der Waals surface area contributed by atoms with Crippen molar-refractivity contribution >= 4 is 17.9 Å². The van der Waals surface area contributed by atoms with Crippen molar-refractivity contribution in [2.75, 3.05) is 13.7 Å². The second-order valence-electron chi connectivity index (χ2n) is 7.86. The largest absolute Gasteiger partial charge is 0.467 e. The Hall–Kier alpha value is -4.13. The molecule has 3 aromatic carbocycles. The molecule has 4 N–H and O–H groups in total. The Balaban J connectivity index is 1.45. The molecule has 0 bridgehead atoms. The fraction of sp³-hybridized carbons (Fsp3) is 0.192. The average Bonchev–Trinajstić information content (AvgIpc) is 3.15. The van der Waals surface area contributed by atoms with Crippen LogP contribution < -0.4 is 11.1 Å². The summed E-state index contributed by atoms with van der Waals surface area (Å²) in [6.45, 7) is 0.146. The van der Waals surface area contributed by atoms with Crippen molar-refractivity contribution < 1.29 is 19.1 Å². The molecule has 0 saturated carbocycles. The topological polar surface area (TPSA) is 115 Å². The summed E-state index contributed by atoms with van der Waals surface area (Å²) in [6, 6.07) is 22.2. The minimum atomic E-state index is -0.937. The van der Waals surface area contributed by atoms with Gasteiger partial charge in [-0.15, -0.1) is 0 Å². The zero-order valence-corrected chi connectivity index (χ0v) is 18.2. The van der Waals surface area contributed by atoms with Crippen molar-refractivity contribution in [2.45, 2.75) is 18.4 Å². The second kappa shape index (κ2) is 9.56.